The molecule has 2 rings (SSSR count). The molecule has 2 amide bonds. The number of halogens is 1. The van der Waals surface area contributed by atoms with Crippen LogP contribution in [0.2, 0.25) is 0 Å². The minimum absolute atomic E-state index is 0.0543. The van der Waals surface area contributed by atoms with Crippen LogP contribution < -0.4 is 10.1 Å². The number of hydrogen-bond donors (Lipinski definition) is 1. The van der Waals surface area contributed by atoms with Gasteiger partial charge in [0, 0.05) is 58.3 Å². The highest BCUT2D eigenvalue weighted by Crippen LogP contribution is 2.19. The van der Waals surface area contributed by atoms with Gasteiger partial charge in [0.15, 0.2) is 0 Å². The van der Waals surface area contributed by atoms with E-state index in [0.717, 1.165) is 0 Å². The lowest BCUT2D eigenvalue weighted by atomic mass is 10.1. The molecule has 0 saturated carbocycles. The van der Waals surface area contributed by atoms with Crippen molar-refractivity contribution in [1.29, 1.82) is 0 Å². The smallest absolute Gasteiger partial charge is 0.225 e. The Bertz CT molecular complexity index is 609. The maximum Gasteiger partial charge on any atom is 0.225 e. The molecule has 132 valence electrons. The van der Waals surface area contributed by atoms with Gasteiger partial charge >= 0.3 is 0 Å². The summed E-state index contributed by atoms with van der Waals surface area (Å²) in [4.78, 5) is 27.4. The summed E-state index contributed by atoms with van der Waals surface area (Å²) in [6.45, 7) is 3.87. The van der Waals surface area contributed by atoms with Crippen molar-refractivity contribution in [3.05, 3.63) is 29.6 Å². The van der Waals surface area contributed by atoms with Gasteiger partial charge in [-0.1, -0.05) is 6.07 Å². The Kier molecular flexibility index (Phi) is 6.14. The van der Waals surface area contributed by atoms with Crippen LogP contribution in [0.3, 0.4) is 0 Å². The Morgan fingerprint density at radius 2 is 2.08 bits per heavy atom. The van der Waals surface area contributed by atoms with Gasteiger partial charge < -0.3 is 15.0 Å². The van der Waals surface area contributed by atoms with Crippen molar-refractivity contribution in [2.45, 2.75) is 13.5 Å². The summed E-state index contributed by atoms with van der Waals surface area (Å²) in [5.74, 6) is -0.357. The fourth-order valence-electron chi connectivity index (χ4n) is 2.90. The highest BCUT2D eigenvalue weighted by molar-refractivity contribution is 5.80. The van der Waals surface area contributed by atoms with E-state index in [9.17, 15) is 14.0 Å². The van der Waals surface area contributed by atoms with Gasteiger partial charge in [0.2, 0.25) is 11.8 Å². The average molecular weight is 337 g/mol. The molecular formula is C17H24FN3O3. The van der Waals surface area contributed by atoms with Crippen LogP contribution in [0.15, 0.2) is 18.2 Å². The standard InChI is InChI=1S/C17H24FN3O3/c1-12(22)21-7-6-20(10-14(11-21)17(23)19-2)9-13-4-5-15(24-3)8-16(13)18/h4-5,8,14H,6-7,9-11H2,1-3H3,(H,19,23)/t14-/m1/s1. The number of amides is 2. The number of rotatable bonds is 4. The lowest BCUT2D eigenvalue weighted by molar-refractivity contribution is -0.130. The molecule has 0 aliphatic carbocycles. The SMILES string of the molecule is CNC(=O)[C@@H]1CN(Cc2ccc(OC)cc2F)CCN(C(C)=O)C1. The molecule has 0 radical (unpaired) electrons. The van der Waals surface area contributed by atoms with Crippen molar-refractivity contribution in [2.75, 3.05) is 40.3 Å². The van der Waals surface area contributed by atoms with Crippen LogP contribution in [0.1, 0.15) is 12.5 Å². The topological polar surface area (TPSA) is 61.9 Å². The van der Waals surface area contributed by atoms with E-state index in [2.05, 4.69) is 5.32 Å². The third-order valence-electron chi connectivity index (χ3n) is 4.32. The van der Waals surface area contributed by atoms with Crippen molar-refractivity contribution in [2.24, 2.45) is 5.92 Å². The van der Waals surface area contributed by atoms with E-state index in [1.807, 2.05) is 4.90 Å². The van der Waals surface area contributed by atoms with Crippen LogP contribution in [0.4, 0.5) is 4.39 Å². The van der Waals surface area contributed by atoms with Crippen LogP contribution in [0, 0.1) is 11.7 Å². The minimum atomic E-state index is -0.335. The normalized spacial score (nSPS) is 18.8. The Morgan fingerprint density at radius 3 is 2.67 bits per heavy atom. The molecule has 1 aliphatic heterocycles. The van der Waals surface area contributed by atoms with Gasteiger partial charge in [0.1, 0.15) is 11.6 Å². The molecule has 1 aliphatic rings. The summed E-state index contributed by atoms with van der Waals surface area (Å²) in [6.07, 6.45) is 0. The van der Waals surface area contributed by atoms with E-state index in [4.69, 9.17) is 4.74 Å². The molecule has 6 nitrogen and oxygen atoms in total. The first-order valence-corrected chi connectivity index (χ1v) is 7.96. The van der Waals surface area contributed by atoms with Gasteiger partial charge in [-0.15, -0.1) is 0 Å². The number of carbonyl (C=O) groups is 2. The van der Waals surface area contributed by atoms with Crippen LogP contribution in [0.25, 0.3) is 0 Å². The Labute approximate surface area is 141 Å². The number of nitrogens with zero attached hydrogens (tertiary/aromatic N) is 2. The van der Waals surface area contributed by atoms with Crippen LogP contribution in [-0.2, 0) is 16.1 Å². The third kappa shape index (κ3) is 4.44. The van der Waals surface area contributed by atoms with E-state index in [0.29, 0.717) is 44.0 Å². The summed E-state index contributed by atoms with van der Waals surface area (Å²) in [6, 6.07) is 4.76. The molecule has 0 unspecified atom stereocenters. The number of nitrogens with one attached hydrogen (secondary N) is 1. The largest absolute Gasteiger partial charge is 0.497 e. The van der Waals surface area contributed by atoms with Crippen molar-refractivity contribution in [3.63, 3.8) is 0 Å². The quantitative estimate of drug-likeness (QED) is 0.885. The van der Waals surface area contributed by atoms with Gasteiger partial charge in [-0.3, -0.25) is 14.5 Å². The van der Waals surface area contributed by atoms with Crippen molar-refractivity contribution < 1.29 is 18.7 Å². The Morgan fingerprint density at radius 1 is 1.33 bits per heavy atom. The first-order valence-electron chi connectivity index (χ1n) is 7.96. The fraction of sp³-hybridized carbons (Fsp3) is 0.529. The molecule has 0 aromatic heterocycles. The second-order valence-electron chi connectivity index (χ2n) is 5.97. The zero-order valence-corrected chi connectivity index (χ0v) is 14.3. The number of hydrogen-bond acceptors (Lipinski definition) is 4. The van der Waals surface area contributed by atoms with E-state index in [-0.39, 0.29) is 23.5 Å². The zero-order valence-electron chi connectivity index (χ0n) is 14.3. The molecule has 1 heterocycles. The number of methoxy groups -OCH3 is 1. The second-order valence-corrected chi connectivity index (χ2v) is 5.97. The average Bonchev–Trinajstić information content (AvgIpc) is 2.78. The van der Waals surface area contributed by atoms with E-state index < -0.39 is 0 Å². The van der Waals surface area contributed by atoms with Crippen LogP contribution in [-0.4, -0.2) is 62.0 Å². The second kappa shape index (κ2) is 8.10. The maximum absolute atomic E-state index is 14.2. The van der Waals surface area contributed by atoms with Gasteiger partial charge in [0.05, 0.1) is 13.0 Å². The first-order chi connectivity index (χ1) is 11.4. The molecule has 1 saturated heterocycles. The molecule has 7 heteroatoms. The van der Waals surface area contributed by atoms with Crippen molar-refractivity contribution >= 4 is 11.8 Å². The fourth-order valence-corrected chi connectivity index (χ4v) is 2.90. The summed E-state index contributed by atoms with van der Waals surface area (Å²) >= 11 is 0. The molecule has 1 aromatic rings. The summed E-state index contributed by atoms with van der Waals surface area (Å²) < 4.78 is 19.2. The Hall–Kier alpha value is -2.15. The molecule has 1 atom stereocenters. The van der Waals surface area contributed by atoms with Crippen LogP contribution in [0.5, 0.6) is 5.75 Å². The predicted octanol–water partition coefficient (Wildman–Crippen LogP) is 0.861. The summed E-state index contributed by atoms with van der Waals surface area (Å²) in [5.41, 5.74) is 0.544. The molecule has 24 heavy (non-hydrogen) atoms. The number of ether oxygens (including phenoxy) is 1. The molecular weight excluding hydrogens is 313 g/mol. The molecule has 1 N–H and O–H groups in total. The summed E-state index contributed by atoms with van der Waals surface area (Å²) in [7, 11) is 3.08. The molecule has 1 aromatic carbocycles. The number of benzene rings is 1. The zero-order chi connectivity index (χ0) is 17.7. The lowest BCUT2D eigenvalue weighted by Gasteiger charge is -2.23. The van der Waals surface area contributed by atoms with Gasteiger partial charge in [-0.2, -0.15) is 0 Å². The third-order valence-corrected chi connectivity index (χ3v) is 4.32. The predicted molar refractivity (Wildman–Crippen MR) is 88.0 cm³/mol. The Balaban J connectivity index is 2.14. The van der Waals surface area contributed by atoms with Gasteiger partial charge in [-0.25, -0.2) is 4.39 Å². The van der Waals surface area contributed by atoms with E-state index in [1.165, 1.54) is 20.1 Å². The molecule has 1 fully saturated rings. The molecule has 0 spiro atoms. The van der Waals surface area contributed by atoms with Crippen molar-refractivity contribution in [3.8, 4) is 5.75 Å². The van der Waals surface area contributed by atoms with Gasteiger partial charge in [0.25, 0.3) is 0 Å². The van der Waals surface area contributed by atoms with Crippen LogP contribution >= 0.6 is 0 Å². The minimum Gasteiger partial charge on any atom is -0.497 e. The lowest BCUT2D eigenvalue weighted by Crippen LogP contribution is -2.40. The van der Waals surface area contributed by atoms with E-state index in [1.54, 1.807) is 24.1 Å². The summed E-state index contributed by atoms with van der Waals surface area (Å²) in [5, 5.41) is 2.64. The highest BCUT2D eigenvalue weighted by Gasteiger charge is 2.28. The maximum atomic E-state index is 14.2. The highest BCUT2D eigenvalue weighted by atomic mass is 19.1. The van der Waals surface area contributed by atoms with Gasteiger partial charge in [-0.05, 0) is 6.07 Å². The van der Waals surface area contributed by atoms with Crippen molar-refractivity contribution in [1.82, 2.24) is 15.1 Å². The number of carbonyl (C=O) groups excluding carboxylic acids is 2. The van der Waals surface area contributed by atoms with E-state index >= 15 is 0 Å². The first kappa shape index (κ1) is 18.2. The molecule has 0 bridgehead atoms. The monoisotopic (exact) mass is 337 g/mol.